The monoisotopic (exact) mass is 260 g/mol. The van der Waals surface area contributed by atoms with Crippen LogP contribution in [0.2, 0.25) is 0 Å². The van der Waals surface area contributed by atoms with Crippen molar-refractivity contribution in [2.45, 2.75) is 19.3 Å². The van der Waals surface area contributed by atoms with Gasteiger partial charge in [-0.25, -0.2) is 4.39 Å². The van der Waals surface area contributed by atoms with E-state index in [9.17, 15) is 9.18 Å². The molecule has 76 valence electrons. The van der Waals surface area contributed by atoms with Gasteiger partial charge in [0.05, 0.1) is 5.41 Å². The van der Waals surface area contributed by atoms with Gasteiger partial charge < -0.3 is 5.11 Å². The first-order chi connectivity index (χ1) is 6.35. The summed E-state index contributed by atoms with van der Waals surface area (Å²) in [5.41, 5.74) is -1.02. The molecule has 0 bridgehead atoms. The van der Waals surface area contributed by atoms with Gasteiger partial charge in [-0.3, -0.25) is 4.79 Å². The van der Waals surface area contributed by atoms with Crippen LogP contribution in [-0.2, 0) is 10.2 Å². The summed E-state index contributed by atoms with van der Waals surface area (Å²) in [7, 11) is 0. The minimum absolute atomic E-state index is 0.188. The summed E-state index contributed by atoms with van der Waals surface area (Å²) >= 11 is 3.11. The Bertz CT molecular complexity index is 374. The molecule has 14 heavy (non-hydrogen) atoms. The molecule has 0 spiro atoms. The third-order valence-electron chi connectivity index (χ3n) is 2.14. The van der Waals surface area contributed by atoms with E-state index in [0.29, 0.717) is 4.47 Å². The van der Waals surface area contributed by atoms with Crippen molar-refractivity contribution >= 4 is 21.9 Å². The Morgan fingerprint density at radius 3 is 2.50 bits per heavy atom. The summed E-state index contributed by atoms with van der Waals surface area (Å²) in [5.74, 6) is -1.55. The topological polar surface area (TPSA) is 37.3 Å². The number of carboxylic acid groups (broad SMARTS) is 1. The fourth-order valence-corrected chi connectivity index (χ4v) is 1.44. The second-order valence-electron chi connectivity index (χ2n) is 3.55. The Labute approximate surface area is 89.9 Å². The van der Waals surface area contributed by atoms with Gasteiger partial charge in [0.25, 0.3) is 0 Å². The second-order valence-corrected chi connectivity index (χ2v) is 4.47. The fraction of sp³-hybridized carbons (Fsp3) is 0.300. The van der Waals surface area contributed by atoms with E-state index in [2.05, 4.69) is 15.9 Å². The van der Waals surface area contributed by atoms with Gasteiger partial charge in [0.2, 0.25) is 0 Å². The van der Waals surface area contributed by atoms with E-state index in [1.165, 1.54) is 26.0 Å². The van der Waals surface area contributed by atoms with Gasteiger partial charge in [0.1, 0.15) is 5.82 Å². The molecule has 0 saturated carbocycles. The molecule has 1 aromatic rings. The van der Waals surface area contributed by atoms with E-state index < -0.39 is 17.2 Å². The van der Waals surface area contributed by atoms with Crippen LogP contribution in [0, 0.1) is 5.82 Å². The number of carbonyl (C=O) groups is 1. The molecule has 0 heterocycles. The van der Waals surface area contributed by atoms with E-state index in [4.69, 9.17) is 5.11 Å². The zero-order valence-electron chi connectivity index (χ0n) is 7.84. The number of carboxylic acids is 1. The van der Waals surface area contributed by atoms with Crippen LogP contribution in [-0.4, -0.2) is 11.1 Å². The maximum absolute atomic E-state index is 13.4. The van der Waals surface area contributed by atoms with Crippen LogP contribution in [0.15, 0.2) is 22.7 Å². The highest BCUT2D eigenvalue weighted by molar-refractivity contribution is 9.10. The summed E-state index contributed by atoms with van der Waals surface area (Å²) < 4.78 is 14.0. The predicted molar refractivity (Wildman–Crippen MR) is 54.8 cm³/mol. The van der Waals surface area contributed by atoms with Crippen LogP contribution in [0.5, 0.6) is 0 Å². The minimum Gasteiger partial charge on any atom is -0.481 e. The van der Waals surface area contributed by atoms with Crippen molar-refractivity contribution in [3.05, 3.63) is 34.1 Å². The first-order valence-corrected chi connectivity index (χ1v) is 4.84. The number of aliphatic carboxylic acids is 1. The molecule has 1 N–H and O–H groups in total. The van der Waals surface area contributed by atoms with Crippen LogP contribution in [0.1, 0.15) is 19.4 Å². The number of hydrogen-bond acceptors (Lipinski definition) is 1. The van der Waals surface area contributed by atoms with Gasteiger partial charge in [-0.05, 0) is 26.0 Å². The molecule has 2 nitrogen and oxygen atoms in total. The standard InChI is InChI=1S/C10H10BrFO2/c1-10(2,9(13)14)7-4-3-6(11)5-8(7)12/h3-5H,1-2H3,(H,13,14). The number of rotatable bonds is 2. The number of halogens is 2. The first-order valence-electron chi connectivity index (χ1n) is 4.04. The Balaban J connectivity index is 3.26. The highest BCUT2D eigenvalue weighted by Crippen LogP contribution is 2.27. The second kappa shape index (κ2) is 3.69. The molecule has 0 atom stereocenters. The Hall–Kier alpha value is -0.900. The lowest BCUT2D eigenvalue weighted by Crippen LogP contribution is -2.29. The third kappa shape index (κ3) is 1.95. The van der Waals surface area contributed by atoms with Crippen LogP contribution in [0.25, 0.3) is 0 Å². The molecule has 0 aliphatic rings. The number of hydrogen-bond donors (Lipinski definition) is 1. The summed E-state index contributed by atoms with van der Waals surface area (Å²) in [4.78, 5) is 10.9. The maximum Gasteiger partial charge on any atom is 0.313 e. The van der Waals surface area contributed by atoms with Crippen molar-refractivity contribution in [2.24, 2.45) is 0 Å². The lowest BCUT2D eigenvalue weighted by Gasteiger charge is -2.20. The molecule has 0 amide bonds. The van der Waals surface area contributed by atoms with Crippen LogP contribution in [0.3, 0.4) is 0 Å². The van der Waals surface area contributed by atoms with Crippen molar-refractivity contribution in [1.29, 1.82) is 0 Å². The van der Waals surface area contributed by atoms with E-state index in [1.807, 2.05) is 0 Å². The zero-order chi connectivity index (χ0) is 10.9. The average molecular weight is 261 g/mol. The first kappa shape index (κ1) is 11.2. The molecular weight excluding hydrogens is 251 g/mol. The van der Waals surface area contributed by atoms with Crippen molar-refractivity contribution in [3.63, 3.8) is 0 Å². The molecule has 0 saturated heterocycles. The fourth-order valence-electron chi connectivity index (χ4n) is 1.11. The van der Waals surface area contributed by atoms with Gasteiger partial charge in [-0.1, -0.05) is 22.0 Å². The summed E-state index contributed by atoms with van der Waals surface area (Å²) in [6.45, 7) is 2.95. The van der Waals surface area contributed by atoms with E-state index in [0.717, 1.165) is 0 Å². The van der Waals surface area contributed by atoms with Crippen LogP contribution < -0.4 is 0 Å². The molecule has 1 aromatic carbocycles. The van der Waals surface area contributed by atoms with Gasteiger partial charge in [0, 0.05) is 10.0 Å². The van der Waals surface area contributed by atoms with Crippen molar-refractivity contribution < 1.29 is 14.3 Å². The molecule has 0 unspecified atom stereocenters. The molecule has 0 aliphatic heterocycles. The average Bonchev–Trinajstić information content (AvgIpc) is 2.02. The Morgan fingerprint density at radius 1 is 1.50 bits per heavy atom. The highest BCUT2D eigenvalue weighted by Gasteiger charge is 2.32. The van der Waals surface area contributed by atoms with Gasteiger partial charge in [-0.15, -0.1) is 0 Å². The van der Waals surface area contributed by atoms with E-state index in [-0.39, 0.29) is 5.56 Å². The summed E-state index contributed by atoms with van der Waals surface area (Å²) in [6, 6.07) is 4.37. The van der Waals surface area contributed by atoms with Crippen molar-refractivity contribution in [1.82, 2.24) is 0 Å². The molecule has 0 radical (unpaired) electrons. The smallest absolute Gasteiger partial charge is 0.313 e. The molecule has 0 aliphatic carbocycles. The van der Waals surface area contributed by atoms with Crippen LogP contribution in [0.4, 0.5) is 4.39 Å². The molecule has 1 rings (SSSR count). The minimum atomic E-state index is -1.20. The number of benzene rings is 1. The van der Waals surface area contributed by atoms with E-state index in [1.54, 1.807) is 6.07 Å². The molecule has 0 aromatic heterocycles. The Kier molecular flexibility index (Phi) is 2.95. The molecule has 4 heteroatoms. The van der Waals surface area contributed by atoms with E-state index >= 15 is 0 Å². The lowest BCUT2D eigenvalue weighted by atomic mass is 9.84. The lowest BCUT2D eigenvalue weighted by molar-refractivity contribution is -0.142. The Morgan fingerprint density at radius 2 is 2.07 bits per heavy atom. The quantitative estimate of drug-likeness (QED) is 0.888. The summed E-state index contributed by atoms with van der Waals surface area (Å²) in [5, 5.41) is 8.91. The SMILES string of the molecule is CC(C)(C(=O)O)c1ccc(Br)cc1F. The summed E-state index contributed by atoms with van der Waals surface area (Å²) in [6.07, 6.45) is 0. The largest absolute Gasteiger partial charge is 0.481 e. The van der Waals surface area contributed by atoms with Crippen LogP contribution >= 0.6 is 15.9 Å². The predicted octanol–water partition coefficient (Wildman–Crippen LogP) is 2.95. The third-order valence-corrected chi connectivity index (χ3v) is 2.63. The highest BCUT2D eigenvalue weighted by atomic mass is 79.9. The van der Waals surface area contributed by atoms with Gasteiger partial charge in [-0.2, -0.15) is 0 Å². The normalized spacial score (nSPS) is 11.4. The molecule has 0 fully saturated rings. The maximum atomic E-state index is 13.4. The van der Waals surface area contributed by atoms with Gasteiger partial charge >= 0.3 is 5.97 Å². The van der Waals surface area contributed by atoms with Crippen molar-refractivity contribution in [2.75, 3.05) is 0 Å². The zero-order valence-corrected chi connectivity index (χ0v) is 9.43. The molecular formula is C10H10BrFO2. The van der Waals surface area contributed by atoms with Crippen molar-refractivity contribution in [3.8, 4) is 0 Å². The van der Waals surface area contributed by atoms with Gasteiger partial charge in [0.15, 0.2) is 0 Å².